The Morgan fingerprint density at radius 3 is 2.74 bits per heavy atom. The third-order valence-corrected chi connectivity index (χ3v) is 2.30. The number of carboxylic acids is 1. The molecule has 0 radical (unpaired) electrons. The van der Waals surface area contributed by atoms with Crippen molar-refractivity contribution in [3.63, 3.8) is 0 Å². The second kappa shape index (κ2) is 8.23. The molecule has 0 atom stereocenters. The van der Waals surface area contributed by atoms with Gasteiger partial charge in [-0.15, -0.1) is 0 Å². The number of ether oxygens (including phenoxy) is 2. The Balaban J connectivity index is 2.35. The Hall–Kier alpha value is -1.92. The first-order valence-corrected chi connectivity index (χ1v) is 5.83. The molecule has 0 spiro atoms. The third kappa shape index (κ3) is 5.98. The molecule has 0 aromatic heterocycles. The molecule has 6 heteroatoms. The SMILES string of the molecule is COCCOCCC(=O)Nc1cccc(C(=O)O)c1. The monoisotopic (exact) mass is 267 g/mol. The van der Waals surface area contributed by atoms with Crippen molar-refractivity contribution in [1.82, 2.24) is 0 Å². The van der Waals surface area contributed by atoms with E-state index >= 15 is 0 Å². The van der Waals surface area contributed by atoms with Gasteiger partial charge >= 0.3 is 5.97 Å². The smallest absolute Gasteiger partial charge is 0.335 e. The molecular weight excluding hydrogens is 250 g/mol. The highest BCUT2D eigenvalue weighted by Gasteiger charge is 2.06. The largest absolute Gasteiger partial charge is 0.478 e. The minimum atomic E-state index is -1.03. The average molecular weight is 267 g/mol. The quantitative estimate of drug-likeness (QED) is 0.695. The van der Waals surface area contributed by atoms with Crippen LogP contribution < -0.4 is 5.32 Å². The molecule has 2 N–H and O–H groups in total. The van der Waals surface area contributed by atoms with Gasteiger partial charge in [-0.25, -0.2) is 4.79 Å². The molecule has 0 saturated heterocycles. The molecule has 0 aliphatic carbocycles. The number of carbonyl (C=O) groups is 2. The van der Waals surface area contributed by atoms with Crippen LogP contribution in [-0.2, 0) is 14.3 Å². The first-order valence-electron chi connectivity index (χ1n) is 5.83. The molecule has 1 aromatic carbocycles. The van der Waals surface area contributed by atoms with E-state index in [4.69, 9.17) is 14.6 Å². The van der Waals surface area contributed by atoms with Crippen molar-refractivity contribution in [1.29, 1.82) is 0 Å². The van der Waals surface area contributed by atoms with Gasteiger partial charge in [0.2, 0.25) is 5.91 Å². The lowest BCUT2D eigenvalue weighted by Gasteiger charge is -2.06. The number of anilines is 1. The molecular formula is C13H17NO5. The van der Waals surface area contributed by atoms with Crippen molar-refractivity contribution < 1.29 is 24.2 Å². The Morgan fingerprint density at radius 1 is 1.26 bits per heavy atom. The summed E-state index contributed by atoms with van der Waals surface area (Å²) in [6.45, 7) is 1.23. The summed E-state index contributed by atoms with van der Waals surface area (Å²) < 4.78 is 9.96. The lowest BCUT2D eigenvalue weighted by Crippen LogP contribution is -2.15. The molecule has 0 unspecified atom stereocenters. The van der Waals surface area contributed by atoms with Gasteiger partial charge in [-0.1, -0.05) is 6.07 Å². The Morgan fingerprint density at radius 2 is 2.05 bits per heavy atom. The minimum absolute atomic E-state index is 0.133. The third-order valence-electron chi connectivity index (χ3n) is 2.30. The van der Waals surface area contributed by atoms with Crippen LogP contribution in [0.2, 0.25) is 0 Å². The first-order chi connectivity index (χ1) is 9.13. The highest BCUT2D eigenvalue weighted by atomic mass is 16.5. The summed E-state index contributed by atoms with van der Waals surface area (Å²) in [4.78, 5) is 22.3. The zero-order chi connectivity index (χ0) is 14.1. The predicted octanol–water partition coefficient (Wildman–Crippen LogP) is 1.38. The lowest BCUT2D eigenvalue weighted by molar-refractivity contribution is -0.117. The Bertz CT molecular complexity index is 433. The number of benzene rings is 1. The van der Waals surface area contributed by atoms with E-state index in [1.165, 1.54) is 12.1 Å². The second-order valence-corrected chi connectivity index (χ2v) is 3.79. The summed E-state index contributed by atoms with van der Waals surface area (Å²) in [6.07, 6.45) is 0.209. The van der Waals surface area contributed by atoms with Crippen LogP contribution in [0, 0.1) is 0 Å². The van der Waals surface area contributed by atoms with E-state index in [1.54, 1.807) is 19.2 Å². The standard InChI is InChI=1S/C13H17NO5/c1-18-7-8-19-6-5-12(15)14-11-4-2-3-10(9-11)13(16)17/h2-4,9H,5-8H2,1H3,(H,14,15)(H,16,17). The van der Waals surface area contributed by atoms with E-state index in [9.17, 15) is 9.59 Å². The van der Waals surface area contributed by atoms with Crippen molar-refractivity contribution >= 4 is 17.6 Å². The fraction of sp³-hybridized carbons (Fsp3) is 0.385. The lowest BCUT2D eigenvalue weighted by atomic mass is 10.2. The molecule has 0 heterocycles. The first kappa shape index (κ1) is 15.1. The normalized spacial score (nSPS) is 10.2. The second-order valence-electron chi connectivity index (χ2n) is 3.79. The van der Waals surface area contributed by atoms with E-state index < -0.39 is 5.97 Å². The minimum Gasteiger partial charge on any atom is -0.478 e. The molecule has 1 amide bonds. The molecule has 6 nitrogen and oxygen atoms in total. The van der Waals surface area contributed by atoms with Crippen LogP contribution >= 0.6 is 0 Å². The summed E-state index contributed by atoms with van der Waals surface area (Å²) >= 11 is 0. The van der Waals surface area contributed by atoms with E-state index in [0.29, 0.717) is 25.5 Å². The summed E-state index contributed by atoms with van der Waals surface area (Å²) in [6, 6.07) is 6.09. The summed E-state index contributed by atoms with van der Waals surface area (Å²) in [5.41, 5.74) is 0.593. The fourth-order valence-corrected chi connectivity index (χ4v) is 1.36. The van der Waals surface area contributed by atoms with E-state index in [0.717, 1.165) is 0 Å². The van der Waals surface area contributed by atoms with Crippen molar-refractivity contribution in [2.45, 2.75) is 6.42 Å². The molecule has 0 fully saturated rings. The van der Waals surface area contributed by atoms with E-state index in [1.807, 2.05) is 0 Å². The van der Waals surface area contributed by atoms with Gasteiger partial charge in [-0.3, -0.25) is 4.79 Å². The molecule has 19 heavy (non-hydrogen) atoms. The van der Waals surface area contributed by atoms with Gasteiger partial charge in [0.1, 0.15) is 0 Å². The number of hydrogen-bond acceptors (Lipinski definition) is 4. The highest BCUT2D eigenvalue weighted by molar-refractivity contribution is 5.93. The number of amides is 1. The molecule has 1 rings (SSSR count). The number of carboxylic acid groups (broad SMARTS) is 1. The Kier molecular flexibility index (Phi) is 6.56. The maximum Gasteiger partial charge on any atom is 0.335 e. The maximum absolute atomic E-state index is 11.6. The number of hydrogen-bond donors (Lipinski definition) is 2. The van der Waals surface area contributed by atoms with Crippen molar-refractivity contribution in [3.8, 4) is 0 Å². The van der Waals surface area contributed by atoms with Crippen molar-refractivity contribution in [2.75, 3.05) is 32.2 Å². The maximum atomic E-state index is 11.6. The van der Waals surface area contributed by atoms with Crippen LogP contribution in [0.5, 0.6) is 0 Å². The van der Waals surface area contributed by atoms with Gasteiger partial charge in [0.25, 0.3) is 0 Å². The Labute approximate surface area is 111 Å². The highest BCUT2D eigenvalue weighted by Crippen LogP contribution is 2.10. The van der Waals surface area contributed by atoms with Crippen LogP contribution in [0.3, 0.4) is 0 Å². The van der Waals surface area contributed by atoms with Gasteiger partial charge in [0.05, 0.1) is 31.8 Å². The number of aromatic carboxylic acids is 1. The summed E-state index contributed by atoms with van der Waals surface area (Å²) in [5, 5.41) is 11.4. The topological polar surface area (TPSA) is 84.9 Å². The molecule has 0 bridgehead atoms. The van der Waals surface area contributed by atoms with Crippen LogP contribution in [0.1, 0.15) is 16.8 Å². The number of methoxy groups -OCH3 is 1. The van der Waals surface area contributed by atoms with Gasteiger partial charge < -0.3 is 19.9 Å². The molecule has 0 aliphatic rings. The summed E-state index contributed by atoms with van der Waals surface area (Å²) in [7, 11) is 1.57. The van der Waals surface area contributed by atoms with Crippen molar-refractivity contribution in [3.05, 3.63) is 29.8 Å². The zero-order valence-corrected chi connectivity index (χ0v) is 10.7. The van der Waals surface area contributed by atoms with Crippen LogP contribution in [-0.4, -0.2) is 43.9 Å². The number of carbonyl (C=O) groups excluding carboxylic acids is 1. The van der Waals surface area contributed by atoms with Gasteiger partial charge in [-0.2, -0.15) is 0 Å². The van der Waals surface area contributed by atoms with E-state index in [2.05, 4.69) is 5.32 Å². The summed E-state index contributed by atoms with van der Waals surface area (Å²) in [5.74, 6) is -1.25. The number of rotatable bonds is 8. The average Bonchev–Trinajstić information content (AvgIpc) is 2.38. The molecule has 104 valence electrons. The van der Waals surface area contributed by atoms with Crippen LogP contribution in [0.25, 0.3) is 0 Å². The molecule has 1 aromatic rings. The van der Waals surface area contributed by atoms with Crippen molar-refractivity contribution in [2.24, 2.45) is 0 Å². The zero-order valence-electron chi connectivity index (χ0n) is 10.7. The molecule has 0 saturated carbocycles. The number of nitrogens with one attached hydrogen (secondary N) is 1. The van der Waals surface area contributed by atoms with Crippen LogP contribution in [0.15, 0.2) is 24.3 Å². The predicted molar refractivity (Wildman–Crippen MR) is 69.3 cm³/mol. The van der Waals surface area contributed by atoms with Crippen LogP contribution in [0.4, 0.5) is 5.69 Å². The molecule has 0 aliphatic heterocycles. The van der Waals surface area contributed by atoms with E-state index in [-0.39, 0.29) is 17.9 Å². The van der Waals surface area contributed by atoms with Gasteiger partial charge in [-0.05, 0) is 18.2 Å². The van der Waals surface area contributed by atoms with Gasteiger partial charge in [0, 0.05) is 12.8 Å². The fourth-order valence-electron chi connectivity index (χ4n) is 1.36. The van der Waals surface area contributed by atoms with Gasteiger partial charge in [0.15, 0.2) is 0 Å².